The maximum Gasteiger partial charge on any atom is 0.417 e. The summed E-state index contributed by atoms with van der Waals surface area (Å²) in [7, 11) is -4.31. The summed E-state index contributed by atoms with van der Waals surface area (Å²) in [6.45, 7) is 1.81. The minimum Gasteiger partial charge on any atom is -0.302 e. The van der Waals surface area contributed by atoms with Crippen molar-refractivity contribution in [1.29, 1.82) is 0 Å². The van der Waals surface area contributed by atoms with Gasteiger partial charge in [0.05, 0.1) is 10.5 Å². The number of benzene rings is 1. The summed E-state index contributed by atoms with van der Waals surface area (Å²) >= 11 is 1.33. The van der Waals surface area contributed by atoms with Crippen molar-refractivity contribution in [2.45, 2.75) is 30.8 Å². The Bertz CT molecular complexity index is 965. The SMILES string of the molecule is Cc1cnc(NC(=O)C2CCN(S(=O)(=O)c3ccccc3C(F)(F)F)CC2)s1. The molecule has 11 heteroatoms. The molecular weight excluding hydrogens is 415 g/mol. The highest BCUT2D eigenvalue weighted by atomic mass is 32.2. The summed E-state index contributed by atoms with van der Waals surface area (Å²) in [5.74, 6) is -0.685. The monoisotopic (exact) mass is 433 g/mol. The van der Waals surface area contributed by atoms with Gasteiger partial charge in [-0.2, -0.15) is 17.5 Å². The number of anilines is 1. The zero-order chi connectivity index (χ0) is 20.5. The van der Waals surface area contributed by atoms with Crippen molar-refractivity contribution in [1.82, 2.24) is 9.29 Å². The molecule has 0 aliphatic carbocycles. The van der Waals surface area contributed by atoms with E-state index in [0.717, 1.165) is 27.4 Å². The molecule has 3 rings (SSSR count). The zero-order valence-corrected chi connectivity index (χ0v) is 16.5. The standard InChI is InChI=1S/C17H18F3N3O3S2/c1-11-10-21-16(27-11)22-15(24)12-6-8-23(9-7-12)28(25,26)14-5-3-2-4-13(14)17(18,19)20/h2-5,10,12H,6-9H2,1H3,(H,21,22,24). The molecule has 1 aromatic carbocycles. The van der Waals surface area contributed by atoms with Gasteiger partial charge < -0.3 is 5.32 Å². The van der Waals surface area contributed by atoms with Crippen molar-refractivity contribution in [2.75, 3.05) is 18.4 Å². The number of rotatable bonds is 4. The van der Waals surface area contributed by atoms with Gasteiger partial charge in [-0.15, -0.1) is 11.3 Å². The fourth-order valence-corrected chi connectivity index (χ4v) is 5.39. The lowest BCUT2D eigenvalue weighted by molar-refractivity contribution is -0.139. The lowest BCUT2D eigenvalue weighted by atomic mass is 9.97. The molecule has 1 saturated heterocycles. The van der Waals surface area contributed by atoms with E-state index in [2.05, 4.69) is 10.3 Å². The smallest absolute Gasteiger partial charge is 0.302 e. The molecule has 0 unspecified atom stereocenters. The van der Waals surface area contributed by atoms with Crippen LogP contribution in [0.4, 0.5) is 18.3 Å². The Balaban J connectivity index is 1.70. The highest BCUT2D eigenvalue weighted by molar-refractivity contribution is 7.89. The predicted molar refractivity (Wildman–Crippen MR) is 98.4 cm³/mol. The van der Waals surface area contributed by atoms with E-state index in [1.54, 1.807) is 6.20 Å². The third kappa shape index (κ3) is 4.36. The van der Waals surface area contributed by atoms with E-state index in [9.17, 15) is 26.4 Å². The Kier molecular flexibility index (Phi) is 5.78. The van der Waals surface area contributed by atoms with Crippen LogP contribution in [-0.2, 0) is 21.0 Å². The van der Waals surface area contributed by atoms with Crippen LogP contribution in [0.25, 0.3) is 0 Å². The van der Waals surface area contributed by atoms with Crippen molar-refractivity contribution in [3.05, 3.63) is 40.9 Å². The first kappa shape index (κ1) is 20.7. The highest BCUT2D eigenvalue weighted by Crippen LogP contribution is 2.36. The fourth-order valence-electron chi connectivity index (χ4n) is 3.04. The first-order chi connectivity index (χ1) is 13.1. The average Bonchev–Trinajstić information content (AvgIpc) is 3.06. The summed E-state index contributed by atoms with van der Waals surface area (Å²) in [5, 5.41) is 3.17. The van der Waals surface area contributed by atoms with E-state index in [4.69, 9.17) is 0 Å². The van der Waals surface area contributed by atoms with Gasteiger partial charge in [0.1, 0.15) is 0 Å². The summed E-state index contributed by atoms with van der Waals surface area (Å²) in [5.41, 5.74) is -1.19. The Labute approximate surface area is 164 Å². The van der Waals surface area contributed by atoms with E-state index < -0.39 is 32.6 Å². The molecule has 0 spiro atoms. The van der Waals surface area contributed by atoms with Crippen LogP contribution in [0.3, 0.4) is 0 Å². The normalized spacial score (nSPS) is 16.9. The van der Waals surface area contributed by atoms with Gasteiger partial charge in [0.25, 0.3) is 0 Å². The van der Waals surface area contributed by atoms with E-state index in [-0.39, 0.29) is 31.8 Å². The molecule has 1 aliphatic rings. The third-order valence-corrected chi connectivity index (χ3v) is 7.27. The number of halogens is 3. The number of hydrogen-bond donors (Lipinski definition) is 1. The number of nitrogens with one attached hydrogen (secondary N) is 1. The van der Waals surface area contributed by atoms with Crippen molar-refractivity contribution in [3.63, 3.8) is 0 Å². The van der Waals surface area contributed by atoms with Crippen LogP contribution >= 0.6 is 11.3 Å². The minimum absolute atomic E-state index is 0.0243. The first-order valence-corrected chi connectivity index (χ1v) is 10.7. The van der Waals surface area contributed by atoms with Gasteiger partial charge in [0.15, 0.2) is 5.13 Å². The fraction of sp³-hybridized carbons (Fsp3) is 0.412. The largest absolute Gasteiger partial charge is 0.417 e. The Morgan fingerprint density at radius 1 is 1.25 bits per heavy atom. The molecule has 1 aromatic heterocycles. The maximum atomic E-state index is 13.2. The molecule has 2 aromatic rings. The van der Waals surface area contributed by atoms with Crippen molar-refractivity contribution in [2.24, 2.45) is 5.92 Å². The number of aryl methyl sites for hydroxylation is 1. The lowest BCUT2D eigenvalue weighted by Crippen LogP contribution is -2.41. The van der Waals surface area contributed by atoms with Crippen LogP contribution in [0.15, 0.2) is 35.4 Å². The number of amides is 1. The van der Waals surface area contributed by atoms with Gasteiger partial charge >= 0.3 is 6.18 Å². The number of carbonyl (C=O) groups excluding carboxylic acids is 1. The molecule has 1 fully saturated rings. The average molecular weight is 433 g/mol. The number of sulfonamides is 1. The van der Waals surface area contributed by atoms with Gasteiger partial charge in [-0.05, 0) is 31.9 Å². The maximum absolute atomic E-state index is 13.2. The van der Waals surface area contributed by atoms with E-state index in [0.29, 0.717) is 5.13 Å². The van der Waals surface area contributed by atoms with Gasteiger partial charge in [0, 0.05) is 30.1 Å². The number of alkyl halides is 3. The number of thiazole rings is 1. The van der Waals surface area contributed by atoms with Gasteiger partial charge in [-0.1, -0.05) is 12.1 Å². The molecule has 1 amide bonds. The first-order valence-electron chi connectivity index (χ1n) is 8.48. The second-order valence-corrected chi connectivity index (χ2v) is 9.58. The number of hydrogen-bond acceptors (Lipinski definition) is 5. The topological polar surface area (TPSA) is 79.4 Å². The van der Waals surface area contributed by atoms with Crippen LogP contribution in [0.2, 0.25) is 0 Å². The van der Waals surface area contributed by atoms with E-state index in [1.807, 2.05) is 6.92 Å². The molecule has 0 atom stereocenters. The summed E-state index contributed by atoms with van der Waals surface area (Å²) in [6.07, 6.45) is -2.69. The molecule has 0 bridgehead atoms. The van der Waals surface area contributed by atoms with Gasteiger partial charge in [-0.25, -0.2) is 13.4 Å². The Morgan fingerprint density at radius 2 is 1.89 bits per heavy atom. The number of piperidine rings is 1. The highest BCUT2D eigenvalue weighted by Gasteiger charge is 2.40. The van der Waals surface area contributed by atoms with Gasteiger partial charge in [-0.3, -0.25) is 4.79 Å². The number of nitrogens with zero attached hydrogens (tertiary/aromatic N) is 2. The van der Waals surface area contributed by atoms with Crippen LogP contribution in [-0.4, -0.2) is 36.7 Å². The second-order valence-electron chi connectivity index (χ2n) is 6.44. The number of aromatic nitrogens is 1. The van der Waals surface area contributed by atoms with Crippen molar-refractivity contribution >= 4 is 32.4 Å². The van der Waals surface area contributed by atoms with Crippen LogP contribution in [0.1, 0.15) is 23.3 Å². The molecule has 28 heavy (non-hydrogen) atoms. The Hall–Kier alpha value is -1.98. The quantitative estimate of drug-likeness (QED) is 0.800. The third-order valence-electron chi connectivity index (χ3n) is 4.49. The van der Waals surface area contributed by atoms with Crippen molar-refractivity contribution in [3.8, 4) is 0 Å². The minimum atomic E-state index is -4.77. The van der Waals surface area contributed by atoms with Crippen LogP contribution in [0, 0.1) is 12.8 Å². The second kappa shape index (κ2) is 7.80. The molecule has 152 valence electrons. The van der Waals surface area contributed by atoms with Gasteiger partial charge in [0.2, 0.25) is 15.9 Å². The zero-order valence-electron chi connectivity index (χ0n) is 14.9. The van der Waals surface area contributed by atoms with Crippen LogP contribution in [0.5, 0.6) is 0 Å². The van der Waals surface area contributed by atoms with Crippen molar-refractivity contribution < 1.29 is 26.4 Å². The Morgan fingerprint density at radius 3 is 2.46 bits per heavy atom. The molecule has 0 radical (unpaired) electrons. The molecular formula is C17H18F3N3O3S2. The van der Waals surface area contributed by atoms with Crippen LogP contribution < -0.4 is 5.32 Å². The number of carbonyl (C=O) groups is 1. The molecule has 6 nitrogen and oxygen atoms in total. The molecule has 0 saturated carbocycles. The molecule has 2 heterocycles. The molecule has 1 aliphatic heterocycles. The summed E-state index contributed by atoms with van der Waals surface area (Å²) < 4.78 is 66.0. The summed E-state index contributed by atoms with van der Waals surface area (Å²) in [4.78, 5) is 16.6. The summed E-state index contributed by atoms with van der Waals surface area (Å²) in [6, 6.07) is 4.13. The predicted octanol–water partition coefficient (Wildman–Crippen LogP) is 3.51. The molecule has 1 N–H and O–H groups in total. The lowest BCUT2D eigenvalue weighted by Gasteiger charge is -2.31. The van der Waals surface area contributed by atoms with E-state index in [1.165, 1.54) is 17.4 Å². The van der Waals surface area contributed by atoms with E-state index >= 15 is 0 Å².